The third-order valence-electron chi connectivity index (χ3n) is 1.91. The van der Waals surface area contributed by atoms with Crippen LogP contribution in [0, 0.1) is 0 Å². The van der Waals surface area contributed by atoms with Gasteiger partial charge in [0.15, 0.2) is 6.29 Å². The van der Waals surface area contributed by atoms with E-state index in [1.54, 1.807) is 0 Å². The van der Waals surface area contributed by atoms with Crippen molar-refractivity contribution < 1.29 is 9.47 Å². The van der Waals surface area contributed by atoms with Gasteiger partial charge in [-0.1, -0.05) is 58.0 Å². The van der Waals surface area contributed by atoms with Crippen molar-refractivity contribution in [3.63, 3.8) is 0 Å². The summed E-state index contributed by atoms with van der Waals surface area (Å²) < 4.78 is 10.1. The van der Waals surface area contributed by atoms with Crippen LogP contribution in [0.1, 0.15) is 11.9 Å². The van der Waals surface area contributed by atoms with Crippen molar-refractivity contribution >= 4 is 58.0 Å². The molecule has 16 heavy (non-hydrogen) atoms. The first-order valence-corrected chi connectivity index (χ1v) is 5.91. The monoisotopic (exact) mass is 322 g/mol. The van der Waals surface area contributed by atoms with Crippen molar-refractivity contribution in [1.29, 1.82) is 0 Å². The van der Waals surface area contributed by atoms with Gasteiger partial charge in [-0.2, -0.15) is 0 Å². The van der Waals surface area contributed by atoms with Gasteiger partial charge in [0.05, 0.1) is 25.1 Å². The van der Waals surface area contributed by atoms with Crippen molar-refractivity contribution in [2.75, 3.05) is 14.2 Å². The zero-order valence-corrected chi connectivity index (χ0v) is 12.1. The van der Waals surface area contributed by atoms with E-state index in [0.29, 0.717) is 5.56 Å². The fraction of sp³-hybridized carbons (Fsp3) is 0.333. The summed E-state index contributed by atoms with van der Waals surface area (Å²) in [7, 11) is 2.88. The molecule has 0 bridgehead atoms. The van der Waals surface area contributed by atoms with Gasteiger partial charge in [0.2, 0.25) is 0 Å². The number of ether oxygens (including phenoxy) is 2. The normalized spacial score (nSPS) is 11.2. The maximum atomic E-state index is 6.01. The molecule has 0 saturated carbocycles. The Morgan fingerprint density at radius 3 is 1.31 bits per heavy atom. The number of hydrogen-bond donors (Lipinski definition) is 0. The van der Waals surface area contributed by atoms with Crippen LogP contribution in [0.4, 0.5) is 0 Å². The first-order chi connectivity index (χ1) is 7.45. The molecule has 0 aromatic heterocycles. The Morgan fingerprint density at radius 2 is 1.00 bits per heavy atom. The zero-order valence-electron chi connectivity index (χ0n) is 8.28. The average molecular weight is 324 g/mol. The van der Waals surface area contributed by atoms with Crippen LogP contribution >= 0.6 is 58.0 Å². The minimum Gasteiger partial charge on any atom is -0.352 e. The summed E-state index contributed by atoms with van der Waals surface area (Å²) >= 11 is 29.7. The van der Waals surface area contributed by atoms with Gasteiger partial charge in [0.25, 0.3) is 0 Å². The van der Waals surface area contributed by atoms with Gasteiger partial charge >= 0.3 is 0 Å². The molecule has 7 heteroatoms. The molecule has 0 saturated heterocycles. The molecule has 0 N–H and O–H groups in total. The molecule has 0 heterocycles. The first-order valence-electron chi connectivity index (χ1n) is 4.02. The SMILES string of the molecule is COC(OC)c1c(Cl)c(Cl)c(Cl)c(Cl)c1Cl. The van der Waals surface area contributed by atoms with Gasteiger partial charge in [-0.3, -0.25) is 0 Å². The van der Waals surface area contributed by atoms with E-state index in [9.17, 15) is 0 Å². The fourth-order valence-electron chi connectivity index (χ4n) is 1.16. The molecule has 0 fully saturated rings. The molecule has 1 aromatic carbocycles. The van der Waals surface area contributed by atoms with Crippen LogP contribution in [0.2, 0.25) is 25.1 Å². The summed E-state index contributed by atoms with van der Waals surface area (Å²) in [4.78, 5) is 0. The lowest BCUT2D eigenvalue weighted by Gasteiger charge is -2.19. The molecular weight excluding hydrogens is 317 g/mol. The molecule has 0 aliphatic rings. The van der Waals surface area contributed by atoms with Gasteiger partial charge in [-0.25, -0.2) is 0 Å². The molecule has 1 aromatic rings. The Hall–Kier alpha value is 0.590. The second-order valence-electron chi connectivity index (χ2n) is 2.79. The Kier molecular flexibility index (Phi) is 5.46. The van der Waals surface area contributed by atoms with Gasteiger partial charge in [-0.05, 0) is 0 Å². The molecule has 0 aliphatic heterocycles. The van der Waals surface area contributed by atoms with Crippen LogP contribution in [0.15, 0.2) is 0 Å². The molecular formula is C9H7Cl5O2. The van der Waals surface area contributed by atoms with Crippen LogP contribution in [-0.2, 0) is 9.47 Å². The van der Waals surface area contributed by atoms with E-state index in [2.05, 4.69) is 0 Å². The molecule has 0 unspecified atom stereocenters. The Morgan fingerprint density at radius 1 is 0.688 bits per heavy atom. The van der Waals surface area contributed by atoms with E-state index in [1.165, 1.54) is 14.2 Å². The highest BCUT2D eigenvalue weighted by Crippen LogP contribution is 2.46. The van der Waals surface area contributed by atoms with Crippen molar-refractivity contribution in [3.8, 4) is 0 Å². The minimum absolute atomic E-state index is 0.105. The van der Waals surface area contributed by atoms with Crippen LogP contribution in [-0.4, -0.2) is 14.2 Å². The first kappa shape index (κ1) is 14.7. The molecule has 90 valence electrons. The Labute approximate surface area is 118 Å². The highest BCUT2D eigenvalue weighted by Gasteiger charge is 2.25. The molecule has 0 atom stereocenters. The Balaban J connectivity index is 3.50. The number of hydrogen-bond acceptors (Lipinski definition) is 2. The highest BCUT2D eigenvalue weighted by atomic mass is 35.5. The summed E-state index contributed by atoms with van der Waals surface area (Å²) in [6, 6.07) is 0. The van der Waals surface area contributed by atoms with Gasteiger partial charge in [0, 0.05) is 19.8 Å². The standard InChI is InChI=1S/C9H7Cl5O2/c1-15-9(16-2)3-4(10)6(12)8(14)7(13)5(3)11/h9H,1-2H3. The van der Waals surface area contributed by atoms with E-state index in [4.69, 9.17) is 67.5 Å². The number of rotatable bonds is 3. The van der Waals surface area contributed by atoms with Gasteiger partial charge in [-0.15, -0.1) is 0 Å². The molecule has 0 aliphatic carbocycles. The third-order valence-corrected chi connectivity index (χ3v) is 4.21. The second kappa shape index (κ2) is 5.96. The average Bonchev–Trinajstić information content (AvgIpc) is 2.29. The van der Waals surface area contributed by atoms with E-state index in [1.807, 2.05) is 0 Å². The summed E-state index contributed by atoms with van der Waals surface area (Å²) in [5.41, 5.74) is 0.354. The lowest BCUT2D eigenvalue weighted by atomic mass is 10.2. The quantitative estimate of drug-likeness (QED) is 0.430. The van der Waals surface area contributed by atoms with E-state index >= 15 is 0 Å². The predicted octanol–water partition coefficient (Wildman–Crippen LogP) is 5.25. The zero-order chi connectivity index (χ0) is 12.5. The van der Waals surface area contributed by atoms with Crippen LogP contribution in [0.3, 0.4) is 0 Å². The van der Waals surface area contributed by atoms with Gasteiger partial charge < -0.3 is 9.47 Å². The van der Waals surface area contributed by atoms with Gasteiger partial charge in [0.1, 0.15) is 0 Å². The van der Waals surface area contributed by atoms with E-state index in [-0.39, 0.29) is 25.1 Å². The molecule has 0 spiro atoms. The summed E-state index contributed by atoms with van der Waals surface area (Å²) in [6.45, 7) is 0. The molecule has 2 nitrogen and oxygen atoms in total. The number of methoxy groups -OCH3 is 2. The number of halogens is 5. The summed E-state index contributed by atoms with van der Waals surface area (Å²) in [5, 5.41) is 0.663. The lowest BCUT2D eigenvalue weighted by Crippen LogP contribution is -2.06. The molecule has 1 rings (SSSR count). The summed E-state index contributed by atoms with van der Waals surface area (Å²) in [6.07, 6.45) is -0.757. The minimum atomic E-state index is -0.757. The predicted molar refractivity (Wildman–Crippen MR) is 68.3 cm³/mol. The van der Waals surface area contributed by atoms with Crippen LogP contribution in [0.5, 0.6) is 0 Å². The topological polar surface area (TPSA) is 18.5 Å². The van der Waals surface area contributed by atoms with Crippen molar-refractivity contribution in [3.05, 3.63) is 30.7 Å². The lowest BCUT2D eigenvalue weighted by molar-refractivity contribution is -0.105. The van der Waals surface area contributed by atoms with E-state index in [0.717, 1.165) is 0 Å². The third kappa shape index (κ3) is 2.54. The van der Waals surface area contributed by atoms with Crippen molar-refractivity contribution in [2.45, 2.75) is 6.29 Å². The summed E-state index contributed by atoms with van der Waals surface area (Å²) in [5.74, 6) is 0. The van der Waals surface area contributed by atoms with Crippen LogP contribution < -0.4 is 0 Å². The Bertz CT molecular complexity index is 374. The second-order valence-corrected chi connectivity index (χ2v) is 4.68. The number of benzene rings is 1. The molecule has 0 amide bonds. The van der Waals surface area contributed by atoms with Crippen LogP contribution in [0.25, 0.3) is 0 Å². The smallest absolute Gasteiger partial charge is 0.186 e. The largest absolute Gasteiger partial charge is 0.352 e. The maximum absolute atomic E-state index is 6.01. The van der Waals surface area contributed by atoms with E-state index < -0.39 is 6.29 Å². The van der Waals surface area contributed by atoms with Crippen molar-refractivity contribution in [2.24, 2.45) is 0 Å². The maximum Gasteiger partial charge on any atom is 0.186 e. The highest BCUT2D eigenvalue weighted by molar-refractivity contribution is 6.55. The fourth-order valence-corrected chi connectivity index (χ4v) is 2.49. The molecule has 0 radical (unpaired) electrons. The van der Waals surface area contributed by atoms with Crippen molar-refractivity contribution in [1.82, 2.24) is 0 Å².